The van der Waals surface area contributed by atoms with Gasteiger partial charge in [-0.3, -0.25) is 9.88 Å². The Morgan fingerprint density at radius 3 is 2.79 bits per heavy atom. The van der Waals surface area contributed by atoms with Gasteiger partial charge in [0.25, 0.3) is 0 Å². The number of carbonyl (C=O) groups excluding carboxylic acids is 1. The minimum atomic E-state index is -0.127. The Balaban J connectivity index is 1.22. The van der Waals surface area contributed by atoms with Crippen LogP contribution in [0.2, 0.25) is 0 Å². The fourth-order valence-electron chi connectivity index (χ4n) is 4.44. The second-order valence-corrected chi connectivity index (χ2v) is 9.49. The standard InChI is InChI=1S/C22H29N9O2S/c1-14-11-30(5-6-31(14)19-18-20(34-13-24-18)28-21(23)27-19)22(32)26-17-4-3-16(25-15(17)2)12-29-7-9-33-10-8-29/h3-4,13-14H,5-12H2,1-2H3,(H,26,32)(H2,23,27,28)/t14-/m0/s1. The van der Waals surface area contributed by atoms with Crippen LogP contribution < -0.4 is 16.0 Å². The predicted octanol–water partition coefficient (Wildman–Crippen LogP) is 1.95. The van der Waals surface area contributed by atoms with Crippen molar-refractivity contribution in [1.29, 1.82) is 0 Å². The summed E-state index contributed by atoms with van der Waals surface area (Å²) in [4.78, 5) is 37.9. The molecule has 3 N–H and O–H groups in total. The fraction of sp³-hybridized carbons (Fsp3) is 0.500. The van der Waals surface area contributed by atoms with Crippen molar-refractivity contribution in [2.45, 2.75) is 26.4 Å². The van der Waals surface area contributed by atoms with Gasteiger partial charge in [0.15, 0.2) is 10.6 Å². The largest absolute Gasteiger partial charge is 0.379 e. The number of morpholine rings is 1. The highest BCUT2D eigenvalue weighted by Gasteiger charge is 2.30. The average molecular weight is 484 g/mol. The molecule has 2 fully saturated rings. The highest BCUT2D eigenvalue weighted by atomic mass is 32.1. The van der Waals surface area contributed by atoms with E-state index in [1.54, 1.807) is 5.51 Å². The van der Waals surface area contributed by atoms with Crippen molar-refractivity contribution in [3.05, 3.63) is 29.0 Å². The zero-order valence-corrected chi connectivity index (χ0v) is 20.2. The number of pyridine rings is 1. The van der Waals surface area contributed by atoms with Crippen molar-refractivity contribution < 1.29 is 9.53 Å². The molecule has 180 valence electrons. The van der Waals surface area contributed by atoms with E-state index in [-0.39, 0.29) is 18.0 Å². The van der Waals surface area contributed by atoms with Gasteiger partial charge in [0, 0.05) is 45.3 Å². The number of thiazole rings is 1. The van der Waals surface area contributed by atoms with E-state index in [1.165, 1.54) is 11.3 Å². The van der Waals surface area contributed by atoms with E-state index in [1.807, 2.05) is 24.0 Å². The van der Waals surface area contributed by atoms with Crippen molar-refractivity contribution in [2.75, 3.05) is 61.9 Å². The second-order valence-electron chi connectivity index (χ2n) is 8.65. The molecule has 2 aliphatic rings. The molecule has 34 heavy (non-hydrogen) atoms. The third-order valence-electron chi connectivity index (χ3n) is 6.26. The molecule has 2 saturated heterocycles. The van der Waals surface area contributed by atoms with E-state index < -0.39 is 0 Å². The summed E-state index contributed by atoms with van der Waals surface area (Å²) >= 11 is 1.44. The molecule has 0 aromatic carbocycles. The van der Waals surface area contributed by atoms with E-state index in [0.29, 0.717) is 19.6 Å². The molecule has 0 saturated carbocycles. The third-order valence-corrected chi connectivity index (χ3v) is 6.98. The number of carbonyl (C=O) groups is 1. The summed E-state index contributed by atoms with van der Waals surface area (Å²) in [6, 6.07) is 3.85. The van der Waals surface area contributed by atoms with Crippen molar-refractivity contribution in [2.24, 2.45) is 0 Å². The molecular weight excluding hydrogens is 454 g/mol. The maximum Gasteiger partial charge on any atom is 0.322 e. The predicted molar refractivity (Wildman–Crippen MR) is 132 cm³/mol. The number of nitrogens with zero attached hydrogens (tertiary/aromatic N) is 7. The van der Waals surface area contributed by atoms with Crippen molar-refractivity contribution >= 4 is 45.2 Å². The molecule has 3 aromatic heterocycles. The fourth-order valence-corrected chi connectivity index (χ4v) is 5.10. The van der Waals surface area contributed by atoms with Crippen molar-refractivity contribution in [3.63, 3.8) is 0 Å². The first-order chi connectivity index (χ1) is 16.5. The number of nitrogens with one attached hydrogen (secondary N) is 1. The highest BCUT2D eigenvalue weighted by molar-refractivity contribution is 7.16. The number of urea groups is 1. The van der Waals surface area contributed by atoms with Crippen LogP contribution >= 0.6 is 11.3 Å². The molecule has 2 aliphatic heterocycles. The maximum absolute atomic E-state index is 13.0. The molecule has 0 unspecified atom stereocenters. The molecule has 0 radical (unpaired) electrons. The minimum absolute atomic E-state index is 0.0498. The summed E-state index contributed by atoms with van der Waals surface area (Å²) in [5, 5.41) is 3.04. The number of fused-ring (bicyclic) bond motifs is 1. The molecule has 12 heteroatoms. The minimum Gasteiger partial charge on any atom is -0.379 e. The van der Waals surface area contributed by atoms with Gasteiger partial charge in [-0.25, -0.2) is 14.8 Å². The van der Waals surface area contributed by atoms with Crippen molar-refractivity contribution in [3.8, 4) is 0 Å². The zero-order chi connectivity index (χ0) is 23.7. The van der Waals surface area contributed by atoms with Gasteiger partial charge in [-0.05, 0) is 26.0 Å². The van der Waals surface area contributed by atoms with E-state index in [2.05, 4.69) is 37.0 Å². The molecule has 0 aliphatic carbocycles. The number of nitrogen functional groups attached to an aromatic ring is 1. The lowest BCUT2D eigenvalue weighted by Gasteiger charge is -2.40. The van der Waals surface area contributed by atoms with Gasteiger partial charge >= 0.3 is 6.03 Å². The van der Waals surface area contributed by atoms with E-state index in [4.69, 9.17) is 15.5 Å². The Kier molecular flexibility index (Phi) is 6.44. The lowest BCUT2D eigenvalue weighted by molar-refractivity contribution is 0.0336. The number of anilines is 3. The molecule has 2 amide bonds. The number of piperazine rings is 1. The van der Waals surface area contributed by atoms with Crippen LogP contribution in [0, 0.1) is 6.92 Å². The second kappa shape index (κ2) is 9.65. The number of hydrogen-bond donors (Lipinski definition) is 2. The number of ether oxygens (including phenoxy) is 1. The number of aryl methyl sites for hydroxylation is 1. The summed E-state index contributed by atoms with van der Waals surface area (Å²) in [5.74, 6) is 0.964. The molecule has 3 aromatic rings. The Hall–Kier alpha value is -3.09. The normalized spacial score (nSPS) is 19.5. The van der Waals surface area contributed by atoms with Gasteiger partial charge in [0.2, 0.25) is 5.95 Å². The van der Waals surface area contributed by atoms with Gasteiger partial charge in [-0.15, -0.1) is 11.3 Å². The van der Waals surface area contributed by atoms with E-state index in [9.17, 15) is 4.79 Å². The number of hydrogen-bond acceptors (Lipinski definition) is 10. The van der Waals surface area contributed by atoms with E-state index in [0.717, 1.165) is 66.1 Å². The number of aromatic nitrogens is 4. The van der Waals surface area contributed by atoms with Crippen LogP contribution in [0.25, 0.3) is 10.3 Å². The molecule has 1 atom stereocenters. The number of amides is 2. The van der Waals surface area contributed by atoms with Crippen LogP contribution in [0.15, 0.2) is 17.6 Å². The van der Waals surface area contributed by atoms with Gasteiger partial charge in [-0.2, -0.15) is 4.98 Å². The SMILES string of the molecule is Cc1nc(CN2CCOCC2)ccc1NC(=O)N1CCN(c2nc(N)nc3scnc23)[C@@H](C)C1. The highest BCUT2D eigenvalue weighted by Crippen LogP contribution is 2.29. The summed E-state index contributed by atoms with van der Waals surface area (Å²) in [5.41, 5.74) is 11.0. The Morgan fingerprint density at radius 2 is 2.03 bits per heavy atom. The summed E-state index contributed by atoms with van der Waals surface area (Å²) < 4.78 is 5.41. The first-order valence-corrected chi connectivity index (χ1v) is 12.3. The Morgan fingerprint density at radius 1 is 1.21 bits per heavy atom. The Bertz CT molecular complexity index is 1180. The quantitative estimate of drug-likeness (QED) is 0.572. The van der Waals surface area contributed by atoms with Crippen LogP contribution in [-0.4, -0.2) is 87.7 Å². The molecule has 0 bridgehead atoms. The molecule has 5 rings (SSSR count). The van der Waals surface area contributed by atoms with Crippen LogP contribution in [0.3, 0.4) is 0 Å². The zero-order valence-electron chi connectivity index (χ0n) is 19.4. The molecular formula is C22H29N9O2S. The van der Waals surface area contributed by atoms with Gasteiger partial charge < -0.3 is 25.6 Å². The maximum atomic E-state index is 13.0. The molecule has 0 spiro atoms. The number of nitrogens with two attached hydrogens (primary N) is 1. The summed E-state index contributed by atoms with van der Waals surface area (Å²) in [6.07, 6.45) is 0. The summed E-state index contributed by atoms with van der Waals surface area (Å²) in [7, 11) is 0. The third kappa shape index (κ3) is 4.74. The van der Waals surface area contributed by atoms with E-state index >= 15 is 0 Å². The number of rotatable bonds is 4. The van der Waals surface area contributed by atoms with Crippen LogP contribution in [-0.2, 0) is 11.3 Å². The van der Waals surface area contributed by atoms with Crippen LogP contribution in [0.4, 0.5) is 22.2 Å². The van der Waals surface area contributed by atoms with Crippen molar-refractivity contribution in [1.82, 2.24) is 29.7 Å². The Labute approximate surface area is 202 Å². The first-order valence-electron chi connectivity index (χ1n) is 11.4. The van der Waals surface area contributed by atoms with Gasteiger partial charge in [0.05, 0.1) is 35.8 Å². The lowest BCUT2D eigenvalue weighted by atomic mass is 10.2. The van der Waals surface area contributed by atoms with Crippen LogP contribution in [0.5, 0.6) is 0 Å². The van der Waals surface area contributed by atoms with Gasteiger partial charge in [0.1, 0.15) is 5.52 Å². The van der Waals surface area contributed by atoms with Crippen LogP contribution in [0.1, 0.15) is 18.3 Å². The first kappa shape index (κ1) is 22.7. The smallest absolute Gasteiger partial charge is 0.322 e. The summed E-state index contributed by atoms with van der Waals surface area (Å²) in [6.45, 7) is 9.90. The average Bonchev–Trinajstić information content (AvgIpc) is 3.29. The molecule has 5 heterocycles. The van der Waals surface area contributed by atoms with Gasteiger partial charge in [-0.1, -0.05) is 0 Å². The monoisotopic (exact) mass is 483 g/mol. The topological polar surface area (TPSA) is 126 Å². The molecule has 11 nitrogen and oxygen atoms in total. The lowest BCUT2D eigenvalue weighted by Crippen LogP contribution is -2.55.